The maximum absolute atomic E-state index is 5.47. The van der Waals surface area contributed by atoms with Gasteiger partial charge in [-0.3, -0.25) is 4.90 Å². The van der Waals surface area contributed by atoms with Gasteiger partial charge in [0, 0.05) is 25.0 Å². The zero-order valence-electron chi connectivity index (χ0n) is 9.33. The van der Waals surface area contributed by atoms with Gasteiger partial charge in [-0.2, -0.15) is 0 Å². The molecule has 2 unspecified atom stereocenters. The predicted molar refractivity (Wildman–Crippen MR) is 59.5 cm³/mol. The Hall–Kier alpha value is -0.380. The van der Waals surface area contributed by atoms with Crippen molar-refractivity contribution in [2.75, 3.05) is 39.9 Å². The number of hydrogen-bond acceptors (Lipinski definition) is 3. The van der Waals surface area contributed by atoms with E-state index in [0.717, 1.165) is 32.8 Å². The lowest BCUT2D eigenvalue weighted by Gasteiger charge is -2.25. The fraction of sp³-hybridized carbons (Fsp3) is 0.818. The van der Waals surface area contributed by atoms with Gasteiger partial charge in [0.05, 0.1) is 13.2 Å². The molecule has 2 atom stereocenters. The second-order valence-corrected chi connectivity index (χ2v) is 3.83. The maximum Gasteiger partial charge on any atom is 0.0623 e. The van der Waals surface area contributed by atoms with Crippen molar-refractivity contribution in [1.29, 1.82) is 0 Å². The highest BCUT2D eigenvalue weighted by molar-refractivity contribution is 4.84. The molecule has 0 radical (unpaired) electrons. The van der Waals surface area contributed by atoms with Crippen LogP contribution in [0.2, 0.25) is 0 Å². The van der Waals surface area contributed by atoms with Crippen LogP contribution in [0.5, 0.6) is 0 Å². The summed E-state index contributed by atoms with van der Waals surface area (Å²) in [5, 5.41) is 3.31. The van der Waals surface area contributed by atoms with E-state index in [4.69, 9.17) is 4.74 Å². The van der Waals surface area contributed by atoms with Gasteiger partial charge in [0.2, 0.25) is 0 Å². The van der Waals surface area contributed by atoms with Crippen LogP contribution in [-0.2, 0) is 4.74 Å². The summed E-state index contributed by atoms with van der Waals surface area (Å²) in [6.07, 6.45) is 1.97. The van der Waals surface area contributed by atoms with Crippen molar-refractivity contribution in [2.45, 2.75) is 13.0 Å². The van der Waals surface area contributed by atoms with Crippen molar-refractivity contribution in [2.24, 2.45) is 5.92 Å². The van der Waals surface area contributed by atoms with E-state index < -0.39 is 0 Å². The van der Waals surface area contributed by atoms with Crippen LogP contribution in [-0.4, -0.2) is 50.8 Å². The number of ether oxygens (including phenoxy) is 1. The third-order valence-corrected chi connectivity index (χ3v) is 2.90. The van der Waals surface area contributed by atoms with Gasteiger partial charge in [-0.15, -0.1) is 6.58 Å². The molecule has 1 saturated heterocycles. The zero-order valence-corrected chi connectivity index (χ0v) is 9.33. The fourth-order valence-electron chi connectivity index (χ4n) is 1.94. The Morgan fingerprint density at radius 1 is 1.57 bits per heavy atom. The first-order chi connectivity index (χ1) is 6.81. The second-order valence-electron chi connectivity index (χ2n) is 3.83. The molecule has 1 aliphatic rings. The highest BCUT2D eigenvalue weighted by Gasteiger charge is 2.27. The van der Waals surface area contributed by atoms with Crippen LogP contribution >= 0.6 is 0 Å². The quantitative estimate of drug-likeness (QED) is 0.637. The lowest BCUT2D eigenvalue weighted by Crippen LogP contribution is -2.40. The van der Waals surface area contributed by atoms with Gasteiger partial charge in [-0.1, -0.05) is 13.0 Å². The third-order valence-electron chi connectivity index (χ3n) is 2.90. The molecular formula is C11H22N2O. The van der Waals surface area contributed by atoms with Crippen molar-refractivity contribution in [3.63, 3.8) is 0 Å². The van der Waals surface area contributed by atoms with E-state index in [-0.39, 0.29) is 0 Å². The van der Waals surface area contributed by atoms with Crippen LogP contribution in [0, 0.1) is 5.92 Å². The summed E-state index contributed by atoms with van der Waals surface area (Å²) >= 11 is 0. The van der Waals surface area contributed by atoms with Gasteiger partial charge in [0.1, 0.15) is 0 Å². The smallest absolute Gasteiger partial charge is 0.0623 e. The van der Waals surface area contributed by atoms with E-state index in [1.54, 1.807) is 0 Å². The Balaban J connectivity index is 2.36. The monoisotopic (exact) mass is 198 g/mol. The summed E-state index contributed by atoms with van der Waals surface area (Å²) in [5.74, 6) is 0.625. The Morgan fingerprint density at radius 2 is 2.36 bits per heavy atom. The van der Waals surface area contributed by atoms with Gasteiger partial charge in [-0.05, 0) is 13.6 Å². The van der Waals surface area contributed by atoms with Crippen LogP contribution in [0.3, 0.4) is 0 Å². The first-order valence-corrected chi connectivity index (χ1v) is 5.40. The lowest BCUT2D eigenvalue weighted by molar-refractivity contribution is 0.172. The molecule has 14 heavy (non-hydrogen) atoms. The largest absolute Gasteiger partial charge is 0.379 e. The molecule has 0 aromatic heterocycles. The van der Waals surface area contributed by atoms with E-state index in [0.29, 0.717) is 12.0 Å². The van der Waals surface area contributed by atoms with Gasteiger partial charge >= 0.3 is 0 Å². The number of likely N-dealkylation sites (N-methyl/N-ethyl adjacent to an activating group) is 2. The van der Waals surface area contributed by atoms with Gasteiger partial charge in [-0.25, -0.2) is 0 Å². The van der Waals surface area contributed by atoms with E-state index in [2.05, 4.69) is 23.7 Å². The molecule has 0 amide bonds. The highest BCUT2D eigenvalue weighted by atomic mass is 16.5. The van der Waals surface area contributed by atoms with Crippen LogP contribution < -0.4 is 5.32 Å². The minimum atomic E-state index is 0.522. The first-order valence-electron chi connectivity index (χ1n) is 5.40. The molecular weight excluding hydrogens is 176 g/mol. The molecule has 1 N–H and O–H groups in total. The summed E-state index contributed by atoms with van der Waals surface area (Å²) in [6.45, 7) is 10.9. The van der Waals surface area contributed by atoms with Crippen molar-refractivity contribution in [3.05, 3.63) is 12.7 Å². The normalized spacial score (nSPS) is 27.1. The zero-order chi connectivity index (χ0) is 10.4. The van der Waals surface area contributed by atoms with E-state index >= 15 is 0 Å². The second kappa shape index (κ2) is 6.17. The SMILES string of the molecule is C=CCN(CC)CC1COCC1NC. The van der Waals surface area contributed by atoms with Gasteiger partial charge < -0.3 is 10.1 Å². The summed E-state index contributed by atoms with van der Waals surface area (Å²) in [5.41, 5.74) is 0. The van der Waals surface area contributed by atoms with Crippen molar-refractivity contribution >= 4 is 0 Å². The van der Waals surface area contributed by atoms with Crippen LogP contribution in [0.1, 0.15) is 6.92 Å². The Bertz CT molecular complexity index is 173. The number of nitrogens with one attached hydrogen (secondary N) is 1. The van der Waals surface area contributed by atoms with Crippen molar-refractivity contribution in [3.8, 4) is 0 Å². The molecule has 3 nitrogen and oxygen atoms in total. The molecule has 1 rings (SSSR count). The first kappa shape index (κ1) is 11.7. The standard InChI is InChI=1S/C11H22N2O/c1-4-6-13(5-2)7-10-8-14-9-11(10)12-3/h4,10-12H,1,5-9H2,2-3H3. The van der Waals surface area contributed by atoms with E-state index in [1.807, 2.05) is 13.1 Å². The molecule has 0 saturated carbocycles. The Kier molecular flexibility index (Phi) is 5.15. The van der Waals surface area contributed by atoms with Crippen LogP contribution in [0.15, 0.2) is 12.7 Å². The molecule has 0 aromatic rings. The molecule has 1 heterocycles. The predicted octanol–water partition coefficient (Wildman–Crippen LogP) is 0.729. The van der Waals surface area contributed by atoms with Crippen molar-refractivity contribution in [1.82, 2.24) is 10.2 Å². The molecule has 0 aromatic carbocycles. The average Bonchev–Trinajstić information content (AvgIpc) is 2.64. The highest BCUT2D eigenvalue weighted by Crippen LogP contribution is 2.14. The molecule has 82 valence electrons. The Labute approximate surface area is 87.1 Å². The molecule has 1 aliphatic heterocycles. The topological polar surface area (TPSA) is 24.5 Å². The molecule has 1 fully saturated rings. The number of rotatable bonds is 6. The van der Waals surface area contributed by atoms with Crippen LogP contribution in [0.4, 0.5) is 0 Å². The molecule has 3 heteroatoms. The van der Waals surface area contributed by atoms with Crippen molar-refractivity contribution < 1.29 is 4.74 Å². The Morgan fingerprint density at radius 3 is 2.93 bits per heavy atom. The third kappa shape index (κ3) is 3.08. The summed E-state index contributed by atoms with van der Waals surface area (Å²) < 4.78 is 5.47. The lowest BCUT2D eigenvalue weighted by atomic mass is 10.0. The minimum absolute atomic E-state index is 0.522. The minimum Gasteiger partial charge on any atom is -0.379 e. The summed E-state index contributed by atoms with van der Waals surface area (Å²) in [4.78, 5) is 2.40. The van der Waals surface area contributed by atoms with Crippen LogP contribution in [0.25, 0.3) is 0 Å². The summed E-state index contributed by atoms with van der Waals surface area (Å²) in [7, 11) is 2.01. The summed E-state index contributed by atoms with van der Waals surface area (Å²) in [6, 6.07) is 0.522. The molecule has 0 spiro atoms. The average molecular weight is 198 g/mol. The van der Waals surface area contributed by atoms with E-state index in [1.165, 1.54) is 0 Å². The van der Waals surface area contributed by atoms with Gasteiger partial charge in [0.25, 0.3) is 0 Å². The van der Waals surface area contributed by atoms with E-state index in [9.17, 15) is 0 Å². The maximum atomic E-state index is 5.47. The number of hydrogen-bond donors (Lipinski definition) is 1. The molecule has 0 bridgehead atoms. The number of nitrogens with zero attached hydrogens (tertiary/aromatic N) is 1. The fourth-order valence-corrected chi connectivity index (χ4v) is 1.94. The van der Waals surface area contributed by atoms with Gasteiger partial charge in [0.15, 0.2) is 0 Å². The molecule has 0 aliphatic carbocycles.